The summed E-state index contributed by atoms with van der Waals surface area (Å²) in [5.74, 6) is -0.0664. The molecule has 0 atom stereocenters. The normalized spacial score (nSPS) is 10.7. The van der Waals surface area contributed by atoms with Gasteiger partial charge in [0.1, 0.15) is 0 Å². The number of unbranched alkanes of at least 4 members (excludes halogenated alkanes) is 6. The number of aryl methyl sites for hydroxylation is 1. The molecule has 0 aliphatic rings. The number of nitrogens with one attached hydrogen (secondary N) is 1. The Morgan fingerprint density at radius 2 is 1.76 bits per heavy atom. The molecule has 0 unspecified atom stereocenters. The first kappa shape index (κ1) is 21.6. The summed E-state index contributed by atoms with van der Waals surface area (Å²) in [7, 11) is 0. The van der Waals surface area contributed by atoms with Crippen molar-refractivity contribution in [2.75, 3.05) is 18.4 Å². The molecule has 1 heterocycles. The first-order valence-corrected chi connectivity index (χ1v) is 10.4. The standard InChI is InChI=1S/C19H33N3O2S/c1-4-6-8-9-10-12-18(24)22(13-11-7-5-2)15-17(23)21-19-20-14-16(3)25-19/h14H,4-13,15H2,1-3H3,(H,20,21,23). The summed E-state index contributed by atoms with van der Waals surface area (Å²) >= 11 is 1.45. The molecule has 0 bridgehead atoms. The summed E-state index contributed by atoms with van der Waals surface area (Å²) in [5, 5.41) is 3.40. The lowest BCUT2D eigenvalue weighted by Crippen LogP contribution is -2.38. The molecule has 1 aromatic heterocycles. The fraction of sp³-hybridized carbons (Fsp3) is 0.737. The SMILES string of the molecule is CCCCCCCC(=O)N(CCCCC)CC(=O)Nc1ncc(C)s1. The van der Waals surface area contributed by atoms with Crippen LogP contribution < -0.4 is 5.32 Å². The van der Waals surface area contributed by atoms with Crippen molar-refractivity contribution in [3.8, 4) is 0 Å². The zero-order valence-electron chi connectivity index (χ0n) is 16.0. The molecule has 0 radical (unpaired) electrons. The minimum Gasteiger partial charge on any atom is -0.333 e. The van der Waals surface area contributed by atoms with E-state index >= 15 is 0 Å². The maximum atomic E-state index is 12.5. The van der Waals surface area contributed by atoms with Crippen LogP contribution in [-0.4, -0.2) is 34.8 Å². The number of amides is 2. The molecule has 0 fully saturated rings. The van der Waals surface area contributed by atoms with E-state index in [9.17, 15) is 9.59 Å². The van der Waals surface area contributed by atoms with E-state index < -0.39 is 0 Å². The van der Waals surface area contributed by atoms with Crippen LogP contribution in [0.1, 0.15) is 76.5 Å². The van der Waals surface area contributed by atoms with Crippen molar-refractivity contribution in [1.29, 1.82) is 0 Å². The summed E-state index contributed by atoms with van der Waals surface area (Å²) in [6.45, 7) is 7.05. The number of aromatic nitrogens is 1. The number of hydrogen-bond donors (Lipinski definition) is 1. The molecule has 6 heteroatoms. The zero-order valence-corrected chi connectivity index (χ0v) is 16.8. The van der Waals surface area contributed by atoms with Crippen molar-refractivity contribution < 1.29 is 9.59 Å². The Labute approximate surface area is 156 Å². The highest BCUT2D eigenvalue weighted by Crippen LogP contribution is 2.16. The second-order valence-corrected chi connectivity index (χ2v) is 7.75. The van der Waals surface area contributed by atoms with Gasteiger partial charge >= 0.3 is 0 Å². The largest absolute Gasteiger partial charge is 0.333 e. The third-order valence-corrected chi connectivity index (χ3v) is 4.91. The molecule has 0 saturated heterocycles. The number of carbonyl (C=O) groups excluding carboxylic acids is 2. The van der Waals surface area contributed by atoms with E-state index in [0.717, 1.165) is 37.0 Å². The molecule has 142 valence electrons. The van der Waals surface area contributed by atoms with Gasteiger partial charge in [-0.1, -0.05) is 52.4 Å². The molecule has 0 spiro atoms. The number of rotatable bonds is 13. The highest BCUT2D eigenvalue weighted by Gasteiger charge is 2.17. The molecule has 0 aliphatic carbocycles. The minimum absolute atomic E-state index is 0.0954. The Kier molecular flexibility index (Phi) is 11.1. The minimum atomic E-state index is -0.162. The average Bonchev–Trinajstić information content (AvgIpc) is 2.98. The lowest BCUT2D eigenvalue weighted by atomic mass is 10.1. The average molecular weight is 368 g/mol. The van der Waals surface area contributed by atoms with Crippen LogP contribution in [0.5, 0.6) is 0 Å². The summed E-state index contributed by atoms with van der Waals surface area (Å²) in [4.78, 5) is 31.7. The maximum Gasteiger partial charge on any atom is 0.245 e. The van der Waals surface area contributed by atoms with E-state index in [0.29, 0.717) is 18.1 Å². The fourth-order valence-corrected chi connectivity index (χ4v) is 3.31. The second-order valence-electron chi connectivity index (χ2n) is 6.51. The van der Waals surface area contributed by atoms with Crippen LogP contribution in [0, 0.1) is 6.92 Å². The summed E-state index contributed by atoms with van der Waals surface area (Å²) in [6, 6.07) is 0. The number of nitrogens with zero attached hydrogens (tertiary/aromatic N) is 2. The van der Waals surface area contributed by atoms with Gasteiger partial charge in [0, 0.05) is 24.0 Å². The summed E-state index contributed by atoms with van der Waals surface area (Å²) in [5.41, 5.74) is 0. The molecular formula is C19H33N3O2S. The van der Waals surface area contributed by atoms with E-state index in [1.165, 1.54) is 30.6 Å². The van der Waals surface area contributed by atoms with E-state index in [4.69, 9.17) is 0 Å². The van der Waals surface area contributed by atoms with Crippen molar-refractivity contribution in [2.45, 2.75) is 78.6 Å². The van der Waals surface area contributed by atoms with Gasteiger partial charge in [0.15, 0.2) is 5.13 Å². The van der Waals surface area contributed by atoms with Crippen LogP contribution in [0.3, 0.4) is 0 Å². The van der Waals surface area contributed by atoms with E-state index in [1.807, 2.05) is 6.92 Å². The number of thiazole rings is 1. The van der Waals surface area contributed by atoms with Gasteiger partial charge in [0.2, 0.25) is 11.8 Å². The van der Waals surface area contributed by atoms with E-state index in [-0.39, 0.29) is 18.4 Å². The van der Waals surface area contributed by atoms with Crippen molar-refractivity contribution in [1.82, 2.24) is 9.88 Å². The van der Waals surface area contributed by atoms with Gasteiger partial charge in [0.25, 0.3) is 0 Å². The fourth-order valence-electron chi connectivity index (χ4n) is 2.63. The topological polar surface area (TPSA) is 62.3 Å². The van der Waals surface area contributed by atoms with E-state index in [2.05, 4.69) is 24.1 Å². The van der Waals surface area contributed by atoms with Gasteiger partial charge < -0.3 is 10.2 Å². The summed E-state index contributed by atoms with van der Waals surface area (Å²) in [6.07, 6.45) is 11.0. The molecule has 0 aliphatic heterocycles. The van der Waals surface area contributed by atoms with Crippen LogP contribution in [0.25, 0.3) is 0 Å². The first-order chi connectivity index (χ1) is 12.1. The Hall–Kier alpha value is -1.43. The molecule has 0 aromatic carbocycles. The molecule has 1 aromatic rings. The molecule has 1 N–H and O–H groups in total. The third kappa shape index (κ3) is 9.58. The Morgan fingerprint density at radius 3 is 2.40 bits per heavy atom. The molecule has 0 saturated carbocycles. The van der Waals surface area contributed by atoms with Crippen LogP contribution in [0.15, 0.2) is 6.20 Å². The van der Waals surface area contributed by atoms with Crippen molar-refractivity contribution >= 4 is 28.3 Å². The highest BCUT2D eigenvalue weighted by atomic mass is 32.1. The zero-order chi connectivity index (χ0) is 18.5. The third-order valence-electron chi connectivity index (χ3n) is 4.08. The number of hydrogen-bond acceptors (Lipinski definition) is 4. The highest BCUT2D eigenvalue weighted by molar-refractivity contribution is 7.15. The van der Waals surface area contributed by atoms with Gasteiger partial charge in [-0.2, -0.15) is 0 Å². The molecule has 1 rings (SSSR count). The van der Waals surface area contributed by atoms with Gasteiger partial charge in [0.05, 0.1) is 6.54 Å². The Bertz CT molecular complexity index is 517. The lowest BCUT2D eigenvalue weighted by Gasteiger charge is -2.22. The van der Waals surface area contributed by atoms with Gasteiger partial charge in [-0.25, -0.2) is 4.98 Å². The van der Waals surface area contributed by atoms with Crippen molar-refractivity contribution in [2.24, 2.45) is 0 Å². The van der Waals surface area contributed by atoms with Crippen molar-refractivity contribution in [3.63, 3.8) is 0 Å². The van der Waals surface area contributed by atoms with Crippen molar-refractivity contribution in [3.05, 3.63) is 11.1 Å². The maximum absolute atomic E-state index is 12.5. The first-order valence-electron chi connectivity index (χ1n) is 9.56. The Morgan fingerprint density at radius 1 is 1.08 bits per heavy atom. The monoisotopic (exact) mass is 367 g/mol. The molecule has 2 amide bonds. The predicted molar refractivity (Wildman–Crippen MR) is 105 cm³/mol. The van der Waals surface area contributed by atoms with E-state index in [1.54, 1.807) is 11.1 Å². The number of anilines is 1. The van der Waals surface area contributed by atoms with Crippen LogP contribution in [-0.2, 0) is 9.59 Å². The smallest absolute Gasteiger partial charge is 0.245 e. The van der Waals surface area contributed by atoms with Crippen LogP contribution in [0.4, 0.5) is 5.13 Å². The van der Waals surface area contributed by atoms with Crippen LogP contribution >= 0.6 is 11.3 Å². The van der Waals surface area contributed by atoms with Gasteiger partial charge in [-0.05, 0) is 19.8 Å². The summed E-state index contributed by atoms with van der Waals surface area (Å²) < 4.78 is 0. The number of carbonyl (C=O) groups is 2. The van der Waals surface area contributed by atoms with Gasteiger partial charge in [-0.3, -0.25) is 9.59 Å². The molecule has 5 nitrogen and oxygen atoms in total. The Balaban J connectivity index is 2.46. The quantitative estimate of drug-likeness (QED) is 0.511. The molecule has 25 heavy (non-hydrogen) atoms. The van der Waals surface area contributed by atoms with Gasteiger partial charge in [-0.15, -0.1) is 11.3 Å². The second kappa shape index (κ2) is 12.9. The lowest BCUT2D eigenvalue weighted by molar-refractivity contribution is -0.134. The van der Waals surface area contributed by atoms with Crippen LogP contribution in [0.2, 0.25) is 0 Å². The predicted octanol–water partition coefficient (Wildman–Crippen LogP) is 4.77. The molecular weight excluding hydrogens is 334 g/mol.